The minimum Gasteiger partial charge on any atom is -0.368 e. The smallest absolute Gasteiger partial charge is 0.0953 e. The maximum absolute atomic E-state index is 6.12. The molecule has 2 aromatic rings. The summed E-state index contributed by atoms with van der Waals surface area (Å²) < 4.78 is 7.22. The van der Waals surface area contributed by atoms with Gasteiger partial charge in [0.05, 0.1) is 12.7 Å². The third-order valence-corrected chi connectivity index (χ3v) is 3.82. The topological polar surface area (TPSA) is 21.3 Å². The summed E-state index contributed by atoms with van der Waals surface area (Å²) in [6.07, 6.45) is 1.22. The van der Waals surface area contributed by atoms with E-state index in [0.717, 1.165) is 24.0 Å². The summed E-state index contributed by atoms with van der Waals surface area (Å²) in [5.74, 6) is 0. The molecule has 0 heterocycles. The standard InChI is InChI=1S/C18H22BrNO/c1-2-12-20-13-18(16-6-4-3-5-7-16)21-14-15-8-10-17(19)11-9-15/h3-11,18,20H,2,12-14H2,1H3. The zero-order chi connectivity index (χ0) is 14.9. The van der Waals surface area contributed by atoms with Gasteiger partial charge in [-0.2, -0.15) is 0 Å². The van der Waals surface area contributed by atoms with Crippen molar-refractivity contribution in [2.75, 3.05) is 13.1 Å². The first-order valence-electron chi connectivity index (χ1n) is 7.41. The van der Waals surface area contributed by atoms with E-state index in [1.165, 1.54) is 11.1 Å². The summed E-state index contributed by atoms with van der Waals surface area (Å²) in [5, 5.41) is 3.45. The van der Waals surface area contributed by atoms with E-state index in [4.69, 9.17) is 4.74 Å². The quantitative estimate of drug-likeness (QED) is 0.698. The van der Waals surface area contributed by atoms with Crippen LogP contribution in [0, 0.1) is 0 Å². The van der Waals surface area contributed by atoms with Crippen molar-refractivity contribution in [3.63, 3.8) is 0 Å². The molecule has 112 valence electrons. The Balaban J connectivity index is 1.96. The highest BCUT2D eigenvalue weighted by Gasteiger charge is 2.11. The fourth-order valence-corrected chi connectivity index (χ4v) is 2.39. The zero-order valence-electron chi connectivity index (χ0n) is 12.4. The average molecular weight is 348 g/mol. The maximum atomic E-state index is 6.12. The fourth-order valence-electron chi connectivity index (χ4n) is 2.13. The van der Waals surface area contributed by atoms with Crippen molar-refractivity contribution in [2.45, 2.75) is 26.1 Å². The van der Waals surface area contributed by atoms with Crippen molar-refractivity contribution in [3.8, 4) is 0 Å². The largest absolute Gasteiger partial charge is 0.368 e. The average Bonchev–Trinajstić information content (AvgIpc) is 2.53. The van der Waals surface area contributed by atoms with Gasteiger partial charge < -0.3 is 10.1 Å². The maximum Gasteiger partial charge on any atom is 0.0953 e. The van der Waals surface area contributed by atoms with Crippen LogP contribution in [0.2, 0.25) is 0 Å². The predicted molar refractivity (Wildman–Crippen MR) is 91.3 cm³/mol. The molecular weight excluding hydrogens is 326 g/mol. The van der Waals surface area contributed by atoms with Crippen LogP contribution >= 0.6 is 15.9 Å². The Morgan fingerprint density at radius 1 is 1.05 bits per heavy atom. The van der Waals surface area contributed by atoms with E-state index in [1.807, 2.05) is 18.2 Å². The van der Waals surface area contributed by atoms with Gasteiger partial charge in [-0.3, -0.25) is 0 Å². The van der Waals surface area contributed by atoms with Crippen LogP contribution in [0.5, 0.6) is 0 Å². The lowest BCUT2D eigenvalue weighted by atomic mass is 10.1. The van der Waals surface area contributed by atoms with Crippen molar-refractivity contribution in [1.29, 1.82) is 0 Å². The van der Waals surface area contributed by atoms with Gasteiger partial charge in [0.1, 0.15) is 0 Å². The first-order chi connectivity index (χ1) is 10.3. The molecule has 1 atom stereocenters. The van der Waals surface area contributed by atoms with Crippen LogP contribution in [0.4, 0.5) is 0 Å². The molecule has 1 N–H and O–H groups in total. The monoisotopic (exact) mass is 347 g/mol. The molecular formula is C18H22BrNO. The molecule has 2 nitrogen and oxygen atoms in total. The van der Waals surface area contributed by atoms with Gasteiger partial charge in [-0.1, -0.05) is 65.3 Å². The highest BCUT2D eigenvalue weighted by molar-refractivity contribution is 9.10. The first kappa shape index (κ1) is 16.2. The second kappa shape index (κ2) is 8.98. The first-order valence-corrected chi connectivity index (χ1v) is 8.20. The molecule has 0 aromatic heterocycles. The molecule has 1 unspecified atom stereocenters. The Labute approximate surface area is 135 Å². The zero-order valence-corrected chi connectivity index (χ0v) is 14.0. The Morgan fingerprint density at radius 3 is 2.43 bits per heavy atom. The predicted octanol–water partition coefficient (Wildman–Crippen LogP) is 4.71. The third-order valence-electron chi connectivity index (χ3n) is 3.29. The van der Waals surface area contributed by atoms with Crippen LogP contribution in [0.1, 0.15) is 30.6 Å². The molecule has 0 fully saturated rings. The molecule has 0 saturated heterocycles. The molecule has 2 rings (SSSR count). The molecule has 0 bridgehead atoms. The van der Waals surface area contributed by atoms with E-state index >= 15 is 0 Å². The number of nitrogens with one attached hydrogen (secondary N) is 1. The van der Waals surface area contributed by atoms with Crippen LogP contribution in [0.25, 0.3) is 0 Å². The normalized spacial score (nSPS) is 12.3. The van der Waals surface area contributed by atoms with Gasteiger partial charge in [-0.15, -0.1) is 0 Å². The lowest BCUT2D eigenvalue weighted by Crippen LogP contribution is -2.24. The lowest BCUT2D eigenvalue weighted by molar-refractivity contribution is 0.0399. The minimum absolute atomic E-state index is 0.0846. The Kier molecular flexibility index (Phi) is 6.93. The Bertz CT molecular complexity index is 513. The fraction of sp³-hybridized carbons (Fsp3) is 0.333. The van der Waals surface area contributed by atoms with E-state index in [0.29, 0.717) is 6.61 Å². The van der Waals surface area contributed by atoms with Crippen LogP contribution in [-0.4, -0.2) is 13.1 Å². The molecule has 0 spiro atoms. The molecule has 0 aliphatic carbocycles. The molecule has 21 heavy (non-hydrogen) atoms. The summed E-state index contributed by atoms with van der Waals surface area (Å²) in [7, 11) is 0. The number of hydrogen-bond acceptors (Lipinski definition) is 2. The van der Waals surface area contributed by atoms with Crippen LogP contribution in [0.3, 0.4) is 0 Å². The SMILES string of the molecule is CCCNCC(OCc1ccc(Br)cc1)c1ccccc1. The van der Waals surface area contributed by atoms with E-state index in [1.54, 1.807) is 0 Å². The minimum atomic E-state index is 0.0846. The van der Waals surface area contributed by atoms with Gasteiger partial charge in [0, 0.05) is 11.0 Å². The summed E-state index contributed by atoms with van der Waals surface area (Å²) in [5.41, 5.74) is 2.41. The van der Waals surface area contributed by atoms with Crippen molar-refractivity contribution >= 4 is 15.9 Å². The number of hydrogen-bond donors (Lipinski definition) is 1. The van der Waals surface area contributed by atoms with Gasteiger partial charge in [-0.25, -0.2) is 0 Å². The second-order valence-corrected chi connectivity index (χ2v) is 5.96. The van der Waals surface area contributed by atoms with Crippen molar-refractivity contribution in [2.24, 2.45) is 0 Å². The van der Waals surface area contributed by atoms with Gasteiger partial charge in [0.15, 0.2) is 0 Å². The summed E-state index contributed by atoms with van der Waals surface area (Å²) in [4.78, 5) is 0. The van der Waals surface area contributed by atoms with E-state index < -0.39 is 0 Å². The molecule has 3 heteroatoms. The van der Waals surface area contributed by atoms with Crippen LogP contribution in [0.15, 0.2) is 59.1 Å². The number of rotatable bonds is 8. The van der Waals surface area contributed by atoms with Crippen molar-refractivity contribution in [3.05, 3.63) is 70.2 Å². The summed E-state index contributed by atoms with van der Waals surface area (Å²) in [6, 6.07) is 18.7. The summed E-state index contributed by atoms with van der Waals surface area (Å²) in [6.45, 7) is 4.66. The summed E-state index contributed by atoms with van der Waals surface area (Å²) >= 11 is 3.45. The van der Waals surface area contributed by atoms with Crippen LogP contribution < -0.4 is 5.32 Å². The molecule has 0 aliphatic rings. The highest BCUT2D eigenvalue weighted by atomic mass is 79.9. The van der Waals surface area contributed by atoms with Gasteiger partial charge in [0.2, 0.25) is 0 Å². The van der Waals surface area contributed by atoms with E-state index in [-0.39, 0.29) is 6.10 Å². The number of benzene rings is 2. The second-order valence-electron chi connectivity index (χ2n) is 5.04. The molecule has 2 aromatic carbocycles. The Hall–Kier alpha value is -1.16. The highest BCUT2D eigenvalue weighted by Crippen LogP contribution is 2.19. The molecule has 0 aliphatic heterocycles. The van der Waals surface area contributed by atoms with Crippen molar-refractivity contribution in [1.82, 2.24) is 5.32 Å². The molecule has 0 saturated carbocycles. The van der Waals surface area contributed by atoms with E-state index in [2.05, 4.69) is 64.6 Å². The van der Waals surface area contributed by atoms with Gasteiger partial charge in [0.25, 0.3) is 0 Å². The van der Waals surface area contributed by atoms with Gasteiger partial charge >= 0.3 is 0 Å². The lowest BCUT2D eigenvalue weighted by Gasteiger charge is -2.19. The Morgan fingerprint density at radius 2 is 1.76 bits per heavy atom. The van der Waals surface area contributed by atoms with E-state index in [9.17, 15) is 0 Å². The number of ether oxygens (including phenoxy) is 1. The van der Waals surface area contributed by atoms with Crippen molar-refractivity contribution < 1.29 is 4.74 Å². The van der Waals surface area contributed by atoms with Crippen LogP contribution in [-0.2, 0) is 11.3 Å². The molecule has 0 radical (unpaired) electrons. The number of halogens is 1. The molecule has 0 amide bonds. The van der Waals surface area contributed by atoms with Gasteiger partial charge in [-0.05, 0) is 36.2 Å². The third kappa shape index (κ3) is 5.62.